The van der Waals surface area contributed by atoms with Gasteiger partial charge in [-0.2, -0.15) is 0 Å². The van der Waals surface area contributed by atoms with Crippen molar-refractivity contribution in [2.45, 2.75) is 26.9 Å². The normalized spacial score (nSPS) is 11.9. The van der Waals surface area contributed by atoms with Crippen LogP contribution in [-0.2, 0) is 4.79 Å². The van der Waals surface area contributed by atoms with E-state index in [4.69, 9.17) is 4.74 Å². The molecule has 0 bridgehead atoms. The van der Waals surface area contributed by atoms with E-state index in [0.717, 1.165) is 10.8 Å². The third-order valence-corrected chi connectivity index (χ3v) is 4.50. The average Bonchev–Trinajstić information content (AvgIpc) is 2.72. The van der Waals surface area contributed by atoms with Gasteiger partial charge in [-0.05, 0) is 47.9 Å². The quantitative estimate of drug-likeness (QED) is 0.618. The summed E-state index contributed by atoms with van der Waals surface area (Å²) >= 11 is 0. The van der Waals surface area contributed by atoms with E-state index in [1.54, 1.807) is 31.2 Å². The molecule has 0 saturated heterocycles. The van der Waals surface area contributed by atoms with E-state index in [1.165, 1.54) is 0 Å². The summed E-state index contributed by atoms with van der Waals surface area (Å²) in [5, 5.41) is 7.84. The number of carbonyl (C=O) groups excluding carboxylic acids is 2. The predicted molar refractivity (Wildman–Crippen MR) is 116 cm³/mol. The SMILES string of the molecule is CC(C)CNC(=O)c1ccccc1NC(=O)[C@@H](C)Oc1ccc2ccccc2c1. The molecule has 0 aromatic heterocycles. The zero-order valence-electron chi connectivity index (χ0n) is 16.9. The van der Waals surface area contributed by atoms with Crippen LogP contribution in [0.5, 0.6) is 5.75 Å². The van der Waals surface area contributed by atoms with Gasteiger partial charge in [0.1, 0.15) is 5.75 Å². The van der Waals surface area contributed by atoms with Gasteiger partial charge >= 0.3 is 0 Å². The predicted octanol–water partition coefficient (Wildman–Crippen LogP) is 4.63. The highest BCUT2D eigenvalue weighted by Crippen LogP contribution is 2.22. The molecule has 2 amide bonds. The van der Waals surface area contributed by atoms with Gasteiger partial charge in [-0.25, -0.2) is 0 Å². The molecule has 0 spiro atoms. The molecule has 3 rings (SSSR count). The van der Waals surface area contributed by atoms with Gasteiger partial charge in [-0.3, -0.25) is 9.59 Å². The summed E-state index contributed by atoms with van der Waals surface area (Å²) < 4.78 is 5.82. The van der Waals surface area contributed by atoms with E-state index in [1.807, 2.05) is 56.3 Å². The first-order chi connectivity index (χ1) is 13.9. The Bertz CT molecular complexity index is 1010. The summed E-state index contributed by atoms with van der Waals surface area (Å²) in [6.45, 7) is 6.31. The molecule has 0 aliphatic heterocycles. The van der Waals surface area contributed by atoms with Gasteiger partial charge in [0.25, 0.3) is 11.8 Å². The molecule has 5 heteroatoms. The van der Waals surface area contributed by atoms with E-state index < -0.39 is 6.10 Å². The summed E-state index contributed by atoms with van der Waals surface area (Å²) in [7, 11) is 0. The molecule has 0 radical (unpaired) electrons. The maximum atomic E-state index is 12.7. The number of rotatable bonds is 7. The molecule has 5 nitrogen and oxygen atoms in total. The lowest BCUT2D eigenvalue weighted by Crippen LogP contribution is -2.32. The molecular weight excluding hydrogens is 364 g/mol. The Balaban J connectivity index is 1.68. The van der Waals surface area contributed by atoms with Crippen LogP contribution in [0.15, 0.2) is 66.7 Å². The number of benzene rings is 3. The first-order valence-electron chi connectivity index (χ1n) is 9.77. The van der Waals surface area contributed by atoms with Crippen molar-refractivity contribution in [1.82, 2.24) is 5.32 Å². The third-order valence-electron chi connectivity index (χ3n) is 4.50. The minimum Gasteiger partial charge on any atom is -0.481 e. The van der Waals surface area contributed by atoms with Gasteiger partial charge in [-0.15, -0.1) is 0 Å². The molecule has 0 aliphatic rings. The number of fused-ring (bicyclic) bond motifs is 1. The van der Waals surface area contributed by atoms with E-state index in [9.17, 15) is 9.59 Å². The fourth-order valence-corrected chi connectivity index (χ4v) is 2.91. The van der Waals surface area contributed by atoms with Crippen molar-refractivity contribution >= 4 is 28.3 Å². The number of hydrogen-bond donors (Lipinski definition) is 2. The second-order valence-electron chi connectivity index (χ2n) is 7.41. The standard InChI is InChI=1S/C24H26N2O3/c1-16(2)15-25-24(28)21-10-6-7-11-22(21)26-23(27)17(3)29-20-13-12-18-8-4-5-9-19(18)14-20/h4-14,16-17H,15H2,1-3H3,(H,25,28)(H,26,27)/t17-/m1/s1. The van der Waals surface area contributed by atoms with Crippen molar-refractivity contribution in [2.75, 3.05) is 11.9 Å². The number of carbonyl (C=O) groups is 2. The van der Waals surface area contributed by atoms with Gasteiger partial charge in [0.15, 0.2) is 6.10 Å². The number of amides is 2. The molecule has 0 heterocycles. The highest BCUT2D eigenvalue weighted by molar-refractivity contribution is 6.04. The van der Waals surface area contributed by atoms with Crippen molar-refractivity contribution in [2.24, 2.45) is 5.92 Å². The van der Waals surface area contributed by atoms with Gasteiger partial charge in [-0.1, -0.05) is 56.3 Å². The highest BCUT2D eigenvalue weighted by atomic mass is 16.5. The molecule has 3 aromatic carbocycles. The van der Waals surface area contributed by atoms with Gasteiger partial charge in [0.2, 0.25) is 0 Å². The topological polar surface area (TPSA) is 67.4 Å². The van der Waals surface area contributed by atoms with Crippen LogP contribution in [0.3, 0.4) is 0 Å². The zero-order valence-corrected chi connectivity index (χ0v) is 16.9. The molecule has 2 N–H and O–H groups in total. The molecule has 0 fully saturated rings. The van der Waals surface area contributed by atoms with E-state index in [-0.39, 0.29) is 11.8 Å². The molecule has 0 aliphatic carbocycles. The van der Waals surface area contributed by atoms with E-state index in [2.05, 4.69) is 10.6 Å². The zero-order chi connectivity index (χ0) is 20.8. The van der Waals surface area contributed by atoms with Crippen molar-refractivity contribution in [3.05, 3.63) is 72.3 Å². The molecule has 0 saturated carbocycles. The van der Waals surface area contributed by atoms with Crippen molar-refractivity contribution in [1.29, 1.82) is 0 Å². The van der Waals surface area contributed by atoms with Crippen molar-refractivity contribution in [3.63, 3.8) is 0 Å². The monoisotopic (exact) mass is 390 g/mol. The van der Waals surface area contributed by atoms with Crippen LogP contribution in [0.1, 0.15) is 31.1 Å². The lowest BCUT2D eigenvalue weighted by atomic mass is 10.1. The van der Waals surface area contributed by atoms with Gasteiger partial charge in [0, 0.05) is 6.54 Å². The molecular formula is C24H26N2O3. The number of nitrogens with one attached hydrogen (secondary N) is 2. The Morgan fingerprint density at radius 1 is 0.897 bits per heavy atom. The maximum Gasteiger partial charge on any atom is 0.265 e. The summed E-state index contributed by atoms with van der Waals surface area (Å²) in [5.41, 5.74) is 0.895. The number of ether oxygens (including phenoxy) is 1. The third kappa shape index (κ3) is 5.35. The first kappa shape index (κ1) is 20.4. The maximum absolute atomic E-state index is 12.7. The molecule has 29 heavy (non-hydrogen) atoms. The molecule has 1 atom stereocenters. The van der Waals surface area contributed by atoms with Crippen LogP contribution >= 0.6 is 0 Å². The number of hydrogen-bond acceptors (Lipinski definition) is 3. The summed E-state index contributed by atoms with van der Waals surface area (Å²) in [5.74, 6) is 0.436. The second kappa shape index (κ2) is 9.24. The van der Waals surface area contributed by atoms with Crippen LogP contribution in [0.25, 0.3) is 10.8 Å². The van der Waals surface area contributed by atoms with Gasteiger partial charge < -0.3 is 15.4 Å². The largest absolute Gasteiger partial charge is 0.481 e. The van der Waals surface area contributed by atoms with Crippen LogP contribution in [-0.4, -0.2) is 24.5 Å². The van der Waals surface area contributed by atoms with E-state index >= 15 is 0 Å². The lowest BCUT2D eigenvalue weighted by Gasteiger charge is -2.17. The summed E-state index contributed by atoms with van der Waals surface area (Å²) in [6.07, 6.45) is -0.719. The van der Waals surface area contributed by atoms with E-state index in [0.29, 0.717) is 29.5 Å². The second-order valence-corrected chi connectivity index (χ2v) is 7.41. The van der Waals surface area contributed by atoms with Crippen molar-refractivity contribution in [3.8, 4) is 5.75 Å². The number of anilines is 1. The Labute approximate surface area is 171 Å². The highest BCUT2D eigenvalue weighted by Gasteiger charge is 2.18. The molecule has 0 unspecified atom stereocenters. The fourth-order valence-electron chi connectivity index (χ4n) is 2.91. The summed E-state index contributed by atoms with van der Waals surface area (Å²) in [6, 6.07) is 20.6. The Hall–Kier alpha value is -3.34. The molecule has 150 valence electrons. The first-order valence-corrected chi connectivity index (χ1v) is 9.77. The van der Waals surface area contributed by atoms with Crippen LogP contribution in [0.4, 0.5) is 5.69 Å². The Morgan fingerprint density at radius 2 is 1.59 bits per heavy atom. The minimum atomic E-state index is -0.719. The fraction of sp³-hybridized carbons (Fsp3) is 0.250. The lowest BCUT2D eigenvalue weighted by molar-refractivity contribution is -0.122. The Morgan fingerprint density at radius 3 is 2.34 bits per heavy atom. The smallest absolute Gasteiger partial charge is 0.265 e. The van der Waals surface area contributed by atoms with Crippen LogP contribution in [0, 0.1) is 5.92 Å². The van der Waals surface area contributed by atoms with Crippen LogP contribution in [0.2, 0.25) is 0 Å². The minimum absolute atomic E-state index is 0.210. The van der Waals surface area contributed by atoms with Gasteiger partial charge in [0.05, 0.1) is 11.3 Å². The molecule has 3 aromatic rings. The Kier molecular flexibility index (Phi) is 6.50. The summed E-state index contributed by atoms with van der Waals surface area (Å²) in [4.78, 5) is 25.1. The van der Waals surface area contributed by atoms with Crippen LogP contribution < -0.4 is 15.4 Å². The number of para-hydroxylation sites is 1. The average molecular weight is 390 g/mol. The van der Waals surface area contributed by atoms with Crippen molar-refractivity contribution < 1.29 is 14.3 Å².